The van der Waals surface area contributed by atoms with Crippen molar-refractivity contribution in [3.63, 3.8) is 0 Å². The number of benzene rings is 1. The number of likely N-dealkylation sites (tertiary alicyclic amines) is 1. The van der Waals surface area contributed by atoms with Crippen molar-refractivity contribution in [1.82, 2.24) is 19.4 Å². The summed E-state index contributed by atoms with van der Waals surface area (Å²) in [5, 5.41) is 3.57. The highest BCUT2D eigenvalue weighted by Crippen LogP contribution is 2.31. The molecule has 0 aromatic heterocycles. The van der Waals surface area contributed by atoms with Crippen LogP contribution in [0.25, 0.3) is 0 Å². The van der Waals surface area contributed by atoms with Gasteiger partial charge in [-0.3, -0.25) is 9.69 Å². The number of carbonyl (C=O) groups excluding carboxylic acids is 1. The number of piperidine rings is 1. The second kappa shape index (κ2) is 10.4. The molecule has 3 rings (SSSR count). The fourth-order valence-corrected chi connectivity index (χ4v) is 5.39. The lowest BCUT2D eigenvalue weighted by molar-refractivity contribution is 0.00882. The molecule has 2 saturated heterocycles. The van der Waals surface area contributed by atoms with Gasteiger partial charge < -0.3 is 16.0 Å². The highest BCUT2D eigenvalue weighted by atomic mass is 35.5. The molecule has 8 heteroatoms. The molecular weight excluding hydrogens is 406 g/mol. The molecule has 2 fully saturated rings. The Kier molecular flexibility index (Phi) is 8.10. The van der Waals surface area contributed by atoms with Crippen molar-refractivity contribution in [3.8, 4) is 0 Å². The number of anilines is 1. The zero-order valence-corrected chi connectivity index (χ0v) is 19.2. The quantitative estimate of drug-likeness (QED) is 0.503. The first-order chi connectivity index (χ1) is 13.9. The van der Waals surface area contributed by atoms with Crippen LogP contribution in [0.4, 0.5) is 5.69 Å². The SMILES string of the molecule is CCCSN1CCN(C2(CNC(=O)c3c(N)cccc3Cl)CCN(C)CC2)CC1. The van der Waals surface area contributed by atoms with Crippen LogP contribution < -0.4 is 11.1 Å². The van der Waals surface area contributed by atoms with Gasteiger partial charge in [-0.1, -0.05) is 36.5 Å². The zero-order valence-electron chi connectivity index (χ0n) is 17.6. The van der Waals surface area contributed by atoms with Gasteiger partial charge in [0, 0.05) is 49.7 Å². The van der Waals surface area contributed by atoms with Crippen molar-refractivity contribution in [3.05, 3.63) is 28.8 Å². The molecular formula is C21H34ClN5OS. The molecule has 2 aliphatic rings. The molecule has 162 valence electrons. The van der Waals surface area contributed by atoms with Gasteiger partial charge >= 0.3 is 0 Å². The van der Waals surface area contributed by atoms with Crippen molar-refractivity contribution in [1.29, 1.82) is 0 Å². The summed E-state index contributed by atoms with van der Waals surface area (Å²) in [5.74, 6) is 1.01. The summed E-state index contributed by atoms with van der Waals surface area (Å²) in [4.78, 5) is 17.9. The summed E-state index contributed by atoms with van der Waals surface area (Å²) >= 11 is 8.20. The predicted molar refractivity (Wildman–Crippen MR) is 124 cm³/mol. The fraction of sp³-hybridized carbons (Fsp3) is 0.667. The van der Waals surface area contributed by atoms with E-state index in [1.165, 1.54) is 12.2 Å². The Hall–Kier alpha value is -0.990. The summed E-state index contributed by atoms with van der Waals surface area (Å²) in [6.45, 7) is 9.21. The second-order valence-corrected chi connectivity index (χ2v) is 9.75. The molecule has 0 unspecified atom stereocenters. The molecule has 0 radical (unpaired) electrons. The number of piperazine rings is 1. The Morgan fingerprint density at radius 1 is 1.21 bits per heavy atom. The molecule has 6 nitrogen and oxygen atoms in total. The number of hydrogen-bond acceptors (Lipinski definition) is 6. The number of nitrogens with zero attached hydrogens (tertiary/aromatic N) is 3. The Balaban J connectivity index is 1.67. The maximum atomic E-state index is 12.9. The summed E-state index contributed by atoms with van der Waals surface area (Å²) in [7, 11) is 2.17. The lowest BCUT2D eigenvalue weighted by Crippen LogP contribution is -2.63. The first kappa shape index (κ1) is 22.7. The molecule has 3 N–H and O–H groups in total. The molecule has 2 aliphatic heterocycles. The fourth-order valence-electron chi connectivity index (χ4n) is 4.27. The van der Waals surface area contributed by atoms with Crippen LogP contribution >= 0.6 is 23.5 Å². The third kappa shape index (κ3) is 5.58. The first-order valence-corrected chi connectivity index (χ1v) is 11.9. The Labute approximate surface area is 184 Å². The van der Waals surface area contributed by atoms with Gasteiger partial charge in [0.05, 0.1) is 10.6 Å². The first-order valence-electron chi connectivity index (χ1n) is 10.6. The molecule has 2 heterocycles. The van der Waals surface area contributed by atoms with E-state index in [0.717, 1.165) is 52.1 Å². The summed E-state index contributed by atoms with van der Waals surface area (Å²) in [6.07, 6.45) is 3.33. The topological polar surface area (TPSA) is 64.8 Å². The monoisotopic (exact) mass is 439 g/mol. The van der Waals surface area contributed by atoms with Gasteiger partial charge in [-0.25, -0.2) is 4.31 Å². The number of halogens is 1. The normalized spacial score (nSPS) is 21.2. The highest BCUT2D eigenvalue weighted by Gasteiger charge is 2.40. The number of amides is 1. The molecule has 0 bridgehead atoms. The summed E-state index contributed by atoms with van der Waals surface area (Å²) in [5.41, 5.74) is 6.82. The molecule has 0 spiro atoms. The third-order valence-corrected chi connectivity index (χ3v) is 7.79. The smallest absolute Gasteiger partial charge is 0.254 e. The largest absolute Gasteiger partial charge is 0.398 e. The van der Waals surface area contributed by atoms with Crippen molar-refractivity contribution in [2.45, 2.75) is 31.7 Å². The van der Waals surface area contributed by atoms with E-state index in [1.807, 2.05) is 11.9 Å². The van der Waals surface area contributed by atoms with Crippen LogP contribution in [0.3, 0.4) is 0 Å². The number of rotatable bonds is 7. The van der Waals surface area contributed by atoms with Gasteiger partial charge in [-0.15, -0.1) is 0 Å². The van der Waals surface area contributed by atoms with E-state index in [4.69, 9.17) is 17.3 Å². The van der Waals surface area contributed by atoms with Crippen molar-refractivity contribution >= 4 is 35.1 Å². The Morgan fingerprint density at radius 2 is 1.90 bits per heavy atom. The van der Waals surface area contributed by atoms with Gasteiger partial charge in [0.15, 0.2) is 0 Å². The number of carbonyl (C=O) groups is 1. The van der Waals surface area contributed by atoms with Crippen LogP contribution in [0.15, 0.2) is 18.2 Å². The number of hydrogen-bond donors (Lipinski definition) is 2. The minimum absolute atomic E-state index is 0.000296. The number of nitrogen functional groups attached to an aromatic ring is 1. The van der Waals surface area contributed by atoms with Crippen LogP contribution in [0, 0.1) is 0 Å². The van der Waals surface area contributed by atoms with Crippen molar-refractivity contribution in [2.24, 2.45) is 0 Å². The molecule has 1 amide bonds. The standard InChI is InChI=1S/C21H34ClN5OS/c1-3-15-29-27-13-11-26(12-14-27)21(7-9-25(2)10-8-21)16-24-20(28)19-17(22)5-4-6-18(19)23/h4-6H,3,7-16,23H2,1-2H3,(H,24,28). The lowest BCUT2D eigenvalue weighted by Gasteiger charge is -2.51. The van der Waals surface area contributed by atoms with Crippen molar-refractivity contribution < 1.29 is 4.79 Å². The highest BCUT2D eigenvalue weighted by molar-refractivity contribution is 7.97. The second-order valence-electron chi connectivity index (χ2n) is 8.16. The molecule has 1 aromatic carbocycles. The van der Waals surface area contributed by atoms with E-state index >= 15 is 0 Å². The van der Waals surface area contributed by atoms with Crippen LogP contribution in [0.5, 0.6) is 0 Å². The van der Waals surface area contributed by atoms with E-state index in [0.29, 0.717) is 22.8 Å². The van der Waals surface area contributed by atoms with Crippen LogP contribution in [-0.4, -0.2) is 84.2 Å². The van der Waals surface area contributed by atoms with E-state index in [-0.39, 0.29) is 11.4 Å². The van der Waals surface area contributed by atoms with Crippen molar-refractivity contribution in [2.75, 3.05) is 64.3 Å². The lowest BCUT2D eigenvalue weighted by atomic mass is 9.84. The maximum absolute atomic E-state index is 12.9. The Morgan fingerprint density at radius 3 is 2.52 bits per heavy atom. The van der Waals surface area contributed by atoms with E-state index in [9.17, 15) is 4.79 Å². The summed E-state index contributed by atoms with van der Waals surface area (Å²) in [6, 6.07) is 5.20. The zero-order chi connectivity index (χ0) is 20.9. The average molecular weight is 440 g/mol. The van der Waals surface area contributed by atoms with Gasteiger partial charge in [-0.05, 0) is 51.5 Å². The van der Waals surface area contributed by atoms with E-state index in [1.54, 1.807) is 18.2 Å². The molecule has 0 aliphatic carbocycles. The Bertz CT molecular complexity index is 667. The molecule has 0 saturated carbocycles. The summed E-state index contributed by atoms with van der Waals surface area (Å²) < 4.78 is 2.49. The van der Waals surface area contributed by atoms with Gasteiger partial charge in [-0.2, -0.15) is 0 Å². The van der Waals surface area contributed by atoms with Crippen LogP contribution in [0.1, 0.15) is 36.5 Å². The number of nitrogens with two attached hydrogens (primary N) is 1. The van der Waals surface area contributed by atoms with Crippen LogP contribution in [-0.2, 0) is 0 Å². The van der Waals surface area contributed by atoms with Crippen LogP contribution in [0.2, 0.25) is 5.02 Å². The number of nitrogens with one attached hydrogen (secondary N) is 1. The molecule has 29 heavy (non-hydrogen) atoms. The predicted octanol–water partition coefficient (Wildman–Crippen LogP) is 2.79. The maximum Gasteiger partial charge on any atom is 0.254 e. The van der Waals surface area contributed by atoms with Gasteiger partial charge in [0.2, 0.25) is 0 Å². The van der Waals surface area contributed by atoms with Gasteiger partial charge in [0.25, 0.3) is 5.91 Å². The third-order valence-electron chi connectivity index (χ3n) is 6.16. The molecule has 1 aromatic rings. The van der Waals surface area contributed by atoms with Gasteiger partial charge in [0.1, 0.15) is 0 Å². The molecule has 0 atom stereocenters. The average Bonchev–Trinajstić information content (AvgIpc) is 2.72. The minimum Gasteiger partial charge on any atom is -0.398 e. The van der Waals surface area contributed by atoms with E-state index in [2.05, 4.69) is 33.4 Å². The minimum atomic E-state index is -0.177. The van der Waals surface area contributed by atoms with E-state index < -0.39 is 0 Å².